The predicted octanol–water partition coefficient (Wildman–Crippen LogP) is 1.98. The fourth-order valence-corrected chi connectivity index (χ4v) is 3.35. The number of aliphatic hydroxyl groups is 1. The zero-order chi connectivity index (χ0) is 15.1. The Hall–Kier alpha value is -1.35. The van der Waals surface area contributed by atoms with Crippen molar-refractivity contribution in [3.05, 3.63) is 21.9 Å². The minimum absolute atomic E-state index is 0.0683. The molecule has 1 aliphatic heterocycles. The van der Waals surface area contributed by atoms with Gasteiger partial charge in [-0.05, 0) is 30.9 Å². The topological polar surface area (TPSA) is 49.8 Å². The van der Waals surface area contributed by atoms with Crippen LogP contribution in [0.1, 0.15) is 33.8 Å². The van der Waals surface area contributed by atoms with Crippen LogP contribution in [0, 0.1) is 17.8 Å². The molecule has 1 fully saturated rings. The lowest BCUT2D eigenvalue weighted by Gasteiger charge is -2.32. The smallest absolute Gasteiger partial charge is 0.263 e. The van der Waals surface area contributed by atoms with Gasteiger partial charge in [0.15, 0.2) is 0 Å². The molecule has 2 rings (SSSR count). The molecule has 5 heteroatoms. The minimum atomic E-state index is 0.0683. The number of thiophene rings is 1. The summed E-state index contributed by atoms with van der Waals surface area (Å²) in [6, 6.07) is 3.72. The van der Waals surface area contributed by atoms with E-state index in [1.54, 1.807) is 7.11 Å². The molecule has 0 radical (unpaired) electrons. The molecule has 1 aliphatic rings. The zero-order valence-corrected chi connectivity index (χ0v) is 13.1. The van der Waals surface area contributed by atoms with E-state index in [0.717, 1.165) is 35.7 Å². The number of rotatable bonds is 4. The molecule has 0 bridgehead atoms. The van der Waals surface area contributed by atoms with Crippen LogP contribution in [0.4, 0.5) is 0 Å². The average molecular weight is 307 g/mol. The highest BCUT2D eigenvalue weighted by atomic mass is 32.1. The van der Waals surface area contributed by atoms with Crippen LogP contribution < -0.4 is 0 Å². The summed E-state index contributed by atoms with van der Waals surface area (Å²) >= 11 is 1.42. The van der Waals surface area contributed by atoms with Gasteiger partial charge in [-0.15, -0.1) is 11.3 Å². The molecule has 0 saturated carbocycles. The molecule has 1 N–H and O–H groups in total. The highest BCUT2D eigenvalue weighted by Crippen LogP contribution is 2.22. The summed E-state index contributed by atoms with van der Waals surface area (Å²) in [6.07, 6.45) is 2.63. The van der Waals surface area contributed by atoms with E-state index >= 15 is 0 Å². The third-order valence-electron chi connectivity index (χ3n) is 3.47. The number of hydrogen-bond acceptors (Lipinski definition) is 4. The Labute approximate surface area is 129 Å². The molecule has 1 amide bonds. The van der Waals surface area contributed by atoms with Crippen molar-refractivity contribution in [1.29, 1.82) is 0 Å². The van der Waals surface area contributed by atoms with E-state index in [9.17, 15) is 4.79 Å². The number of amides is 1. The summed E-state index contributed by atoms with van der Waals surface area (Å²) in [5, 5.41) is 8.71. The van der Waals surface area contributed by atoms with Gasteiger partial charge in [0.1, 0.15) is 0 Å². The number of piperidine rings is 1. The quantitative estimate of drug-likeness (QED) is 0.865. The maximum Gasteiger partial charge on any atom is 0.263 e. The molecule has 114 valence electrons. The van der Waals surface area contributed by atoms with Crippen LogP contribution in [-0.4, -0.2) is 49.3 Å². The number of methoxy groups -OCH3 is 1. The van der Waals surface area contributed by atoms with Crippen molar-refractivity contribution < 1.29 is 14.6 Å². The number of ether oxygens (including phenoxy) is 1. The summed E-state index contributed by atoms with van der Waals surface area (Å²) in [4.78, 5) is 16.0. The molecule has 1 saturated heterocycles. The predicted molar refractivity (Wildman–Crippen MR) is 83.4 cm³/mol. The first-order valence-corrected chi connectivity index (χ1v) is 8.04. The second-order valence-corrected chi connectivity index (χ2v) is 6.24. The van der Waals surface area contributed by atoms with Crippen molar-refractivity contribution >= 4 is 17.2 Å². The molecule has 1 unspecified atom stereocenters. The Balaban J connectivity index is 1.98. The van der Waals surface area contributed by atoms with Crippen molar-refractivity contribution in [1.82, 2.24) is 4.90 Å². The molecular weight excluding hydrogens is 286 g/mol. The van der Waals surface area contributed by atoms with E-state index < -0.39 is 0 Å². The summed E-state index contributed by atoms with van der Waals surface area (Å²) in [5.74, 6) is 6.38. The largest absolute Gasteiger partial charge is 0.395 e. The van der Waals surface area contributed by atoms with Crippen molar-refractivity contribution in [2.75, 3.05) is 33.4 Å². The second-order valence-electron chi connectivity index (χ2n) is 5.15. The Kier molecular flexibility index (Phi) is 6.24. The molecule has 0 aliphatic carbocycles. The first-order chi connectivity index (χ1) is 10.2. The molecule has 0 spiro atoms. The van der Waals surface area contributed by atoms with Gasteiger partial charge in [0.2, 0.25) is 0 Å². The highest BCUT2D eigenvalue weighted by Gasteiger charge is 2.25. The van der Waals surface area contributed by atoms with Crippen molar-refractivity contribution in [3.8, 4) is 11.8 Å². The molecule has 1 atom stereocenters. The van der Waals surface area contributed by atoms with Crippen LogP contribution in [0.2, 0.25) is 0 Å². The maximum absolute atomic E-state index is 12.5. The van der Waals surface area contributed by atoms with Crippen LogP contribution in [-0.2, 0) is 4.74 Å². The molecule has 1 aromatic rings. The van der Waals surface area contributed by atoms with Crippen LogP contribution in [0.15, 0.2) is 12.1 Å². The lowest BCUT2D eigenvalue weighted by molar-refractivity contribution is 0.0575. The van der Waals surface area contributed by atoms with Gasteiger partial charge in [-0.2, -0.15) is 0 Å². The Morgan fingerprint density at radius 3 is 3.19 bits per heavy atom. The first-order valence-electron chi connectivity index (χ1n) is 7.22. The van der Waals surface area contributed by atoms with Gasteiger partial charge < -0.3 is 14.7 Å². The van der Waals surface area contributed by atoms with E-state index in [1.165, 1.54) is 11.3 Å². The van der Waals surface area contributed by atoms with Crippen molar-refractivity contribution in [2.45, 2.75) is 19.3 Å². The lowest BCUT2D eigenvalue weighted by atomic mass is 9.99. The third-order valence-corrected chi connectivity index (χ3v) is 4.46. The Bertz CT molecular complexity index is 527. The van der Waals surface area contributed by atoms with Gasteiger partial charge >= 0.3 is 0 Å². The molecule has 2 heterocycles. The summed E-state index contributed by atoms with van der Waals surface area (Å²) < 4.78 is 5.20. The third kappa shape index (κ3) is 4.57. The van der Waals surface area contributed by atoms with Crippen LogP contribution >= 0.6 is 11.3 Å². The molecule has 1 aromatic heterocycles. The van der Waals surface area contributed by atoms with E-state index in [-0.39, 0.29) is 12.5 Å². The number of carbonyl (C=O) groups excluding carboxylic acids is 1. The van der Waals surface area contributed by atoms with Crippen molar-refractivity contribution in [2.24, 2.45) is 5.92 Å². The SMILES string of the molecule is COCC1CCCN(C(=O)c2ccc(C#CCCO)s2)C1. The van der Waals surface area contributed by atoms with Gasteiger partial charge in [-0.25, -0.2) is 0 Å². The second kappa shape index (κ2) is 8.18. The van der Waals surface area contributed by atoms with Crippen LogP contribution in [0.5, 0.6) is 0 Å². The standard InChI is InChI=1S/C16H21NO3S/c1-20-12-13-5-4-9-17(11-13)16(19)15-8-7-14(21-15)6-2-3-10-18/h7-8,13,18H,3-5,9-12H2,1H3. The zero-order valence-electron chi connectivity index (χ0n) is 12.3. The average Bonchev–Trinajstić information content (AvgIpc) is 2.96. The number of likely N-dealkylation sites (tertiary alicyclic amines) is 1. The van der Waals surface area contributed by atoms with Crippen LogP contribution in [0.25, 0.3) is 0 Å². The van der Waals surface area contributed by atoms with E-state index in [1.807, 2.05) is 17.0 Å². The maximum atomic E-state index is 12.5. The monoisotopic (exact) mass is 307 g/mol. The van der Waals surface area contributed by atoms with E-state index in [4.69, 9.17) is 9.84 Å². The molecular formula is C16H21NO3S. The van der Waals surface area contributed by atoms with Gasteiger partial charge in [0.25, 0.3) is 5.91 Å². The fourth-order valence-electron chi connectivity index (χ4n) is 2.50. The Morgan fingerprint density at radius 1 is 1.57 bits per heavy atom. The normalized spacial score (nSPS) is 18.2. The van der Waals surface area contributed by atoms with Crippen LogP contribution in [0.3, 0.4) is 0 Å². The minimum Gasteiger partial charge on any atom is -0.395 e. The fraction of sp³-hybridized carbons (Fsp3) is 0.562. The number of carbonyl (C=O) groups is 1. The van der Waals surface area contributed by atoms with Gasteiger partial charge in [0, 0.05) is 26.6 Å². The van der Waals surface area contributed by atoms with Gasteiger partial charge in [0.05, 0.1) is 23.0 Å². The van der Waals surface area contributed by atoms with Crippen molar-refractivity contribution in [3.63, 3.8) is 0 Å². The van der Waals surface area contributed by atoms with Gasteiger partial charge in [-0.1, -0.05) is 11.8 Å². The van der Waals surface area contributed by atoms with Gasteiger partial charge in [-0.3, -0.25) is 4.79 Å². The first kappa shape index (κ1) is 16.0. The van der Waals surface area contributed by atoms with E-state index in [2.05, 4.69) is 11.8 Å². The number of aliphatic hydroxyl groups excluding tert-OH is 1. The highest BCUT2D eigenvalue weighted by molar-refractivity contribution is 7.14. The molecule has 4 nitrogen and oxygen atoms in total. The molecule has 0 aromatic carbocycles. The number of hydrogen-bond donors (Lipinski definition) is 1. The number of nitrogens with zero attached hydrogens (tertiary/aromatic N) is 1. The summed E-state index contributed by atoms with van der Waals surface area (Å²) in [7, 11) is 1.71. The molecule has 21 heavy (non-hydrogen) atoms. The Morgan fingerprint density at radius 2 is 2.43 bits per heavy atom. The lowest BCUT2D eigenvalue weighted by Crippen LogP contribution is -2.40. The summed E-state index contributed by atoms with van der Waals surface area (Å²) in [5.41, 5.74) is 0. The van der Waals surface area contributed by atoms with E-state index in [0.29, 0.717) is 18.9 Å². The summed E-state index contributed by atoms with van der Waals surface area (Å²) in [6.45, 7) is 2.38.